The van der Waals surface area contributed by atoms with Crippen molar-refractivity contribution in [3.63, 3.8) is 0 Å². The molecule has 3 nitrogen and oxygen atoms in total. The number of nitrogens with zero attached hydrogens (tertiary/aromatic N) is 1. The quantitative estimate of drug-likeness (QED) is 0.866. The van der Waals surface area contributed by atoms with Gasteiger partial charge in [-0.1, -0.05) is 42.5 Å². The van der Waals surface area contributed by atoms with Crippen LogP contribution in [0.25, 0.3) is 0 Å². The van der Waals surface area contributed by atoms with Crippen LogP contribution in [-0.4, -0.2) is 17.6 Å². The number of carbonyl (C=O) groups excluding carboxylic acids is 1. The van der Waals surface area contributed by atoms with Crippen LogP contribution in [0, 0.1) is 6.92 Å². The maximum Gasteiger partial charge on any atom is 0.230 e. The van der Waals surface area contributed by atoms with Gasteiger partial charge >= 0.3 is 0 Å². The number of rotatable bonds is 2. The molecular weight excluding hydrogens is 292 g/mol. The average Bonchev–Trinajstić information content (AvgIpc) is 2.93. The lowest BCUT2D eigenvalue weighted by molar-refractivity contribution is -0.119. The van der Waals surface area contributed by atoms with Gasteiger partial charge in [0.15, 0.2) is 5.11 Å². The van der Waals surface area contributed by atoms with E-state index in [2.05, 4.69) is 11.4 Å². The summed E-state index contributed by atoms with van der Waals surface area (Å²) in [7, 11) is 0. The van der Waals surface area contributed by atoms with Gasteiger partial charge in [0.2, 0.25) is 5.91 Å². The van der Waals surface area contributed by atoms with Crippen molar-refractivity contribution in [3.05, 3.63) is 65.2 Å². The lowest BCUT2D eigenvalue weighted by Gasteiger charge is -2.20. The molecule has 2 aromatic carbocycles. The highest BCUT2D eigenvalue weighted by Crippen LogP contribution is 2.27. The minimum Gasteiger partial charge on any atom is -0.318 e. The zero-order valence-corrected chi connectivity index (χ0v) is 13.3. The first-order chi connectivity index (χ1) is 10.6. The molecule has 1 aliphatic rings. The van der Waals surface area contributed by atoms with Gasteiger partial charge in [0.1, 0.15) is 0 Å². The van der Waals surface area contributed by atoms with Crippen LogP contribution in [0.2, 0.25) is 0 Å². The Balaban J connectivity index is 1.65. The molecule has 0 aromatic heterocycles. The second kappa shape index (κ2) is 6.28. The maximum absolute atomic E-state index is 12.2. The van der Waals surface area contributed by atoms with Crippen molar-refractivity contribution in [3.8, 4) is 0 Å². The van der Waals surface area contributed by atoms with Crippen LogP contribution in [0.4, 0.5) is 5.69 Å². The monoisotopic (exact) mass is 310 g/mol. The molecular formula is C18H18N2OS. The third-order valence-electron chi connectivity index (χ3n) is 3.99. The van der Waals surface area contributed by atoms with Gasteiger partial charge in [-0.25, -0.2) is 0 Å². The van der Waals surface area contributed by atoms with E-state index >= 15 is 0 Å². The van der Waals surface area contributed by atoms with Gasteiger partial charge < -0.3 is 10.2 Å². The van der Waals surface area contributed by atoms with Crippen LogP contribution in [0.1, 0.15) is 16.7 Å². The van der Waals surface area contributed by atoms with Crippen LogP contribution in [0.3, 0.4) is 0 Å². The largest absolute Gasteiger partial charge is 0.318 e. The lowest BCUT2D eigenvalue weighted by Crippen LogP contribution is -2.42. The molecule has 0 spiro atoms. The number of para-hydroxylation sites is 1. The zero-order chi connectivity index (χ0) is 15.5. The topological polar surface area (TPSA) is 32.3 Å². The zero-order valence-electron chi connectivity index (χ0n) is 12.5. The van der Waals surface area contributed by atoms with E-state index in [4.69, 9.17) is 12.2 Å². The number of hydrogen-bond donors (Lipinski definition) is 1. The molecule has 0 saturated heterocycles. The molecule has 112 valence electrons. The molecule has 1 heterocycles. The fraction of sp³-hybridized carbons (Fsp3) is 0.222. The van der Waals surface area contributed by atoms with Crippen molar-refractivity contribution >= 4 is 28.9 Å². The molecule has 0 unspecified atom stereocenters. The molecule has 0 aliphatic carbocycles. The third-order valence-corrected chi connectivity index (χ3v) is 4.31. The van der Waals surface area contributed by atoms with E-state index in [-0.39, 0.29) is 5.91 Å². The Bertz CT molecular complexity index is 727. The maximum atomic E-state index is 12.2. The SMILES string of the molecule is Cc1ccccc1CC(=O)NC(=S)N1CCc2ccccc21. The summed E-state index contributed by atoms with van der Waals surface area (Å²) in [5, 5.41) is 3.35. The fourth-order valence-corrected chi connectivity index (χ4v) is 3.07. The number of amides is 1. The standard InChI is InChI=1S/C18H18N2OS/c1-13-6-2-3-8-15(13)12-17(21)19-18(22)20-11-10-14-7-4-5-9-16(14)20/h2-9H,10-12H2,1H3,(H,19,21,22). The van der Waals surface area contributed by atoms with Crippen molar-refractivity contribution in [2.75, 3.05) is 11.4 Å². The van der Waals surface area contributed by atoms with Crippen molar-refractivity contribution in [2.45, 2.75) is 19.8 Å². The summed E-state index contributed by atoms with van der Waals surface area (Å²) in [4.78, 5) is 14.2. The number of nitrogens with one attached hydrogen (secondary N) is 1. The Morgan fingerprint density at radius 2 is 1.91 bits per heavy atom. The summed E-state index contributed by atoms with van der Waals surface area (Å²) in [6, 6.07) is 16.1. The van der Waals surface area contributed by atoms with Gasteiger partial charge in [0, 0.05) is 12.2 Å². The summed E-state index contributed by atoms with van der Waals surface area (Å²) in [6.45, 7) is 2.83. The molecule has 3 rings (SSSR count). The molecule has 2 aromatic rings. The number of benzene rings is 2. The normalized spacial score (nSPS) is 12.9. The minimum absolute atomic E-state index is 0.0660. The van der Waals surface area contributed by atoms with Crippen molar-refractivity contribution in [2.24, 2.45) is 0 Å². The Hall–Kier alpha value is -2.20. The summed E-state index contributed by atoms with van der Waals surface area (Å²) in [5.41, 5.74) is 4.53. The Kier molecular flexibility index (Phi) is 4.20. The minimum atomic E-state index is -0.0660. The van der Waals surface area contributed by atoms with E-state index in [9.17, 15) is 4.79 Å². The summed E-state index contributed by atoms with van der Waals surface area (Å²) >= 11 is 5.41. The molecule has 0 radical (unpaired) electrons. The van der Waals surface area contributed by atoms with Crippen LogP contribution >= 0.6 is 12.2 Å². The third kappa shape index (κ3) is 3.02. The Morgan fingerprint density at radius 3 is 2.73 bits per heavy atom. The summed E-state index contributed by atoms with van der Waals surface area (Å²) in [5.74, 6) is -0.0660. The van der Waals surface area contributed by atoms with E-state index in [0.29, 0.717) is 11.5 Å². The molecule has 0 atom stereocenters. The number of anilines is 1. The molecule has 22 heavy (non-hydrogen) atoms. The van der Waals surface area contributed by atoms with Crippen LogP contribution in [0.5, 0.6) is 0 Å². The highest BCUT2D eigenvalue weighted by atomic mass is 32.1. The number of hydrogen-bond acceptors (Lipinski definition) is 2. The van der Waals surface area contributed by atoms with Gasteiger partial charge in [-0.3, -0.25) is 4.79 Å². The van der Waals surface area contributed by atoms with Crippen LogP contribution in [0.15, 0.2) is 48.5 Å². The molecule has 0 bridgehead atoms. The van der Waals surface area contributed by atoms with E-state index in [0.717, 1.165) is 29.8 Å². The van der Waals surface area contributed by atoms with Crippen LogP contribution in [-0.2, 0) is 17.6 Å². The molecule has 0 fully saturated rings. The smallest absolute Gasteiger partial charge is 0.230 e. The van der Waals surface area contributed by atoms with E-state index in [1.54, 1.807) is 0 Å². The van der Waals surface area contributed by atoms with Crippen LogP contribution < -0.4 is 10.2 Å². The van der Waals surface area contributed by atoms with Crippen molar-refractivity contribution in [1.29, 1.82) is 0 Å². The first kappa shape index (κ1) is 14.7. The van der Waals surface area contributed by atoms with Gasteiger partial charge in [0.05, 0.1) is 6.42 Å². The van der Waals surface area contributed by atoms with Gasteiger partial charge in [-0.05, 0) is 48.3 Å². The Labute approximate surface area is 136 Å². The second-order valence-electron chi connectivity index (χ2n) is 5.49. The first-order valence-electron chi connectivity index (χ1n) is 7.39. The van der Waals surface area contributed by atoms with E-state index < -0.39 is 0 Å². The highest BCUT2D eigenvalue weighted by Gasteiger charge is 2.22. The highest BCUT2D eigenvalue weighted by molar-refractivity contribution is 7.80. The van der Waals surface area contributed by atoms with E-state index in [1.807, 2.05) is 54.3 Å². The number of carbonyl (C=O) groups is 1. The van der Waals surface area contributed by atoms with Gasteiger partial charge in [-0.2, -0.15) is 0 Å². The van der Waals surface area contributed by atoms with Gasteiger partial charge in [-0.15, -0.1) is 0 Å². The number of fused-ring (bicyclic) bond motifs is 1. The summed E-state index contributed by atoms with van der Waals surface area (Å²) < 4.78 is 0. The lowest BCUT2D eigenvalue weighted by atomic mass is 10.1. The molecule has 1 N–H and O–H groups in total. The predicted molar refractivity (Wildman–Crippen MR) is 93.1 cm³/mol. The predicted octanol–water partition coefficient (Wildman–Crippen LogP) is 3.00. The number of aryl methyl sites for hydroxylation is 1. The second-order valence-corrected chi connectivity index (χ2v) is 5.87. The van der Waals surface area contributed by atoms with Crippen molar-refractivity contribution in [1.82, 2.24) is 5.32 Å². The Morgan fingerprint density at radius 1 is 1.18 bits per heavy atom. The number of thiocarbonyl (C=S) groups is 1. The van der Waals surface area contributed by atoms with Gasteiger partial charge in [0.25, 0.3) is 0 Å². The first-order valence-corrected chi connectivity index (χ1v) is 7.80. The molecule has 0 saturated carbocycles. The summed E-state index contributed by atoms with van der Waals surface area (Å²) in [6.07, 6.45) is 1.31. The van der Waals surface area contributed by atoms with E-state index in [1.165, 1.54) is 5.56 Å². The van der Waals surface area contributed by atoms with Crippen molar-refractivity contribution < 1.29 is 4.79 Å². The molecule has 1 amide bonds. The molecule has 4 heteroatoms. The average molecular weight is 310 g/mol. The fourth-order valence-electron chi connectivity index (χ4n) is 2.76. The molecule has 1 aliphatic heterocycles.